The lowest BCUT2D eigenvalue weighted by molar-refractivity contribution is -0.137. The summed E-state index contributed by atoms with van der Waals surface area (Å²) in [6, 6.07) is 13.0. The second-order valence-corrected chi connectivity index (χ2v) is 8.07. The molecule has 0 unspecified atom stereocenters. The molecule has 0 saturated carbocycles. The molecule has 1 saturated heterocycles. The molecule has 154 valence electrons. The van der Waals surface area contributed by atoms with E-state index in [0.717, 1.165) is 17.5 Å². The lowest BCUT2D eigenvalue weighted by Crippen LogP contribution is -2.36. The number of halogens is 2. The predicted molar refractivity (Wildman–Crippen MR) is 113 cm³/mol. The van der Waals surface area contributed by atoms with Gasteiger partial charge in [0.05, 0.1) is 6.04 Å². The smallest absolute Gasteiger partial charge is 0.303 e. The number of hydrogen-bond donors (Lipinski definition) is 1. The minimum atomic E-state index is -0.785. The number of carboxylic acid groups (broad SMARTS) is 1. The summed E-state index contributed by atoms with van der Waals surface area (Å²) in [7, 11) is 0. The molecule has 0 spiro atoms. The molecule has 1 fully saturated rings. The van der Waals surface area contributed by atoms with Gasteiger partial charge in [0.2, 0.25) is 5.91 Å². The number of likely N-dealkylation sites (tertiary alicyclic amines) is 1. The van der Waals surface area contributed by atoms with E-state index in [1.54, 1.807) is 18.2 Å². The van der Waals surface area contributed by atoms with Crippen molar-refractivity contribution >= 4 is 35.1 Å². The summed E-state index contributed by atoms with van der Waals surface area (Å²) in [6.45, 7) is 0.886. The van der Waals surface area contributed by atoms with Gasteiger partial charge in [0.1, 0.15) is 12.4 Å². The number of ether oxygens (including phenoxy) is 1. The topological polar surface area (TPSA) is 66.8 Å². The molecule has 7 heteroatoms. The van der Waals surface area contributed by atoms with Crippen LogP contribution in [0.2, 0.25) is 10.0 Å². The predicted octanol–water partition coefficient (Wildman–Crippen LogP) is 4.97. The third-order valence-corrected chi connectivity index (χ3v) is 5.37. The van der Waals surface area contributed by atoms with Gasteiger partial charge in [0.25, 0.3) is 0 Å². The maximum atomic E-state index is 12.4. The zero-order valence-electron chi connectivity index (χ0n) is 15.9. The van der Waals surface area contributed by atoms with Gasteiger partial charge >= 0.3 is 5.97 Å². The van der Waals surface area contributed by atoms with Crippen LogP contribution in [-0.4, -0.2) is 34.5 Å². The molecular weight excluding hydrogens is 413 g/mol. The Kier molecular flexibility index (Phi) is 7.40. The third-order valence-electron chi connectivity index (χ3n) is 4.93. The van der Waals surface area contributed by atoms with Crippen LogP contribution in [-0.2, 0) is 22.6 Å². The maximum Gasteiger partial charge on any atom is 0.303 e. The monoisotopic (exact) mass is 435 g/mol. The fourth-order valence-electron chi connectivity index (χ4n) is 3.51. The molecule has 0 bridgehead atoms. The molecule has 2 aromatic rings. The number of hydrogen-bond acceptors (Lipinski definition) is 3. The lowest BCUT2D eigenvalue weighted by Gasteiger charge is -2.25. The van der Waals surface area contributed by atoms with Crippen LogP contribution in [0.1, 0.15) is 36.8 Å². The number of carbonyl (C=O) groups excluding carboxylic acids is 1. The van der Waals surface area contributed by atoms with E-state index < -0.39 is 5.97 Å². The number of carbonyl (C=O) groups is 2. The Balaban J connectivity index is 1.61. The Labute approximate surface area is 180 Å². The zero-order valence-corrected chi connectivity index (χ0v) is 17.5. The number of amides is 1. The van der Waals surface area contributed by atoms with Crippen molar-refractivity contribution in [3.05, 3.63) is 63.6 Å². The van der Waals surface area contributed by atoms with Crippen LogP contribution in [0.15, 0.2) is 42.5 Å². The van der Waals surface area contributed by atoms with Crippen LogP contribution in [0.5, 0.6) is 5.75 Å². The van der Waals surface area contributed by atoms with Crippen LogP contribution >= 0.6 is 23.2 Å². The Morgan fingerprint density at radius 1 is 1.14 bits per heavy atom. The molecule has 1 aliphatic rings. The average molecular weight is 436 g/mol. The first kappa shape index (κ1) is 21.5. The van der Waals surface area contributed by atoms with E-state index in [1.165, 1.54) is 0 Å². The molecule has 1 amide bonds. The summed E-state index contributed by atoms with van der Waals surface area (Å²) in [4.78, 5) is 24.9. The molecule has 29 heavy (non-hydrogen) atoms. The van der Waals surface area contributed by atoms with Crippen molar-refractivity contribution in [3.63, 3.8) is 0 Å². The van der Waals surface area contributed by atoms with Gasteiger partial charge < -0.3 is 14.7 Å². The Bertz CT molecular complexity index is 867. The molecule has 0 aromatic heterocycles. The minimum absolute atomic E-state index is 0.0177. The summed E-state index contributed by atoms with van der Waals surface area (Å²) < 4.78 is 5.85. The van der Waals surface area contributed by atoms with Gasteiger partial charge in [-0.25, -0.2) is 0 Å². The molecule has 1 N–H and O–H groups in total. The summed E-state index contributed by atoms with van der Waals surface area (Å²) in [5.74, 6) is -0.0890. The van der Waals surface area contributed by atoms with Gasteiger partial charge in [-0.15, -0.1) is 0 Å². The van der Waals surface area contributed by atoms with E-state index in [1.807, 2.05) is 29.2 Å². The highest BCUT2D eigenvalue weighted by molar-refractivity contribution is 6.34. The number of rotatable bonds is 9. The van der Waals surface area contributed by atoms with E-state index >= 15 is 0 Å². The Hall–Kier alpha value is -2.24. The Morgan fingerprint density at radius 2 is 1.86 bits per heavy atom. The van der Waals surface area contributed by atoms with E-state index in [9.17, 15) is 9.59 Å². The van der Waals surface area contributed by atoms with Crippen LogP contribution < -0.4 is 4.74 Å². The fraction of sp³-hybridized carbons (Fsp3) is 0.364. The maximum absolute atomic E-state index is 12.4. The lowest BCUT2D eigenvalue weighted by atomic mass is 10.0. The molecule has 1 atom stereocenters. The van der Waals surface area contributed by atoms with Crippen molar-refractivity contribution < 1.29 is 19.4 Å². The number of aryl methyl sites for hydroxylation is 1. The van der Waals surface area contributed by atoms with Crippen molar-refractivity contribution in [2.24, 2.45) is 0 Å². The molecule has 3 rings (SSSR count). The highest BCUT2D eigenvalue weighted by atomic mass is 35.5. The summed E-state index contributed by atoms with van der Waals surface area (Å²) in [6.07, 6.45) is 2.70. The van der Waals surface area contributed by atoms with Gasteiger partial charge in [-0.2, -0.15) is 0 Å². The van der Waals surface area contributed by atoms with Crippen molar-refractivity contribution in [2.75, 3.05) is 6.61 Å². The van der Waals surface area contributed by atoms with Crippen LogP contribution in [0, 0.1) is 0 Å². The van der Waals surface area contributed by atoms with Gasteiger partial charge in [0, 0.05) is 29.4 Å². The van der Waals surface area contributed by atoms with Gasteiger partial charge in [-0.1, -0.05) is 47.5 Å². The zero-order chi connectivity index (χ0) is 20.8. The van der Waals surface area contributed by atoms with Gasteiger partial charge in [-0.3, -0.25) is 9.59 Å². The first-order valence-electron chi connectivity index (χ1n) is 9.58. The average Bonchev–Trinajstić information content (AvgIpc) is 2.99. The van der Waals surface area contributed by atoms with Crippen LogP contribution in [0.25, 0.3) is 0 Å². The Morgan fingerprint density at radius 3 is 2.59 bits per heavy atom. The summed E-state index contributed by atoms with van der Waals surface area (Å²) in [5, 5.41) is 9.80. The van der Waals surface area contributed by atoms with E-state index in [2.05, 4.69) is 0 Å². The molecule has 2 aromatic carbocycles. The van der Waals surface area contributed by atoms with Crippen molar-refractivity contribution in [3.8, 4) is 5.75 Å². The van der Waals surface area contributed by atoms with E-state index in [0.29, 0.717) is 48.2 Å². The third kappa shape index (κ3) is 6.38. The second kappa shape index (κ2) is 9.99. The van der Waals surface area contributed by atoms with Gasteiger partial charge in [-0.05, 0) is 48.6 Å². The van der Waals surface area contributed by atoms with Crippen molar-refractivity contribution in [1.82, 2.24) is 4.90 Å². The molecule has 0 aliphatic carbocycles. The quantitative estimate of drug-likeness (QED) is 0.603. The highest BCUT2D eigenvalue weighted by Crippen LogP contribution is 2.27. The first-order valence-corrected chi connectivity index (χ1v) is 10.3. The molecule has 0 radical (unpaired) electrons. The number of nitrogens with zero attached hydrogens (tertiary/aromatic N) is 1. The van der Waals surface area contributed by atoms with E-state index in [4.69, 9.17) is 33.0 Å². The molecular formula is C22H23Cl2NO4. The van der Waals surface area contributed by atoms with Crippen molar-refractivity contribution in [1.29, 1.82) is 0 Å². The van der Waals surface area contributed by atoms with Crippen molar-refractivity contribution in [2.45, 2.75) is 44.7 Å². The largest absolute Gasteiger partial charge is 0.491 e. The van der Waals surface area contributed by atoms with Crippen LogP contribution in [0.4, 0.5) is 0 Å². The number of aliphatic carboxylic acids is 1. The molecule has 5 nitrogen and oxygen atoms in total. The summed E-state index contributed by atoms with van der Waals surface area (Å²) >= 11 is 12.0. The van der Waals surface area contributed by atoms with Gasteiger partial charge in [0.15, 0.2) is 0 Å². The standard InChI is InChI=1S/C22H23Cl2NO4/c23-17-10-18(24)12-20(11-17)29-14-19-7-8-21(26)25(19)13-16-5-1-3-15(9-16)4-2-6-22(27)28/h1,3,5,9-12,19H,2,4,6-8,13-14H2,(H,27,28)/t19-/m1/s1. The summed E-state index contributed by atoms with van der Waals surface area (Å²) in [5.41, 5.74) is 2.11. The number of benzene rings is 2. The van der Waals surface area contributed by atoms with Crippen LogP contribution in [0.3, 0.4) is 0 Å². The minimum Gasteiger partial charge on any atom is -0.491 e. The molecule has 1 heterocycles. The number of carboxylic acids is 1. The normalized spacial score (nSPS) is 16.3. The second-order valence-electron chi connectivity index (χ2n) is 7.20. The molecule has 1 aliphatic heterocycles. The fourth-order valence-corrected chi connectivity index (χ4v) is 4.02. The SMILES string of the molecule is O=C(O)CCCc1cccc(CN2C(=O)CC[C@@H]2COc2cc(Cl)cc(Cl)c2)c1. The van der Waals surface area contributed by atoms with E-state index in [-0.39, 0.29) is 18.4 Å². The highest BCUT2D eigenvalue weighted by Gasteiger charge is 2.31. The first-order chi connectivity index (χ1) is 13.9.